The highest BCUT2D eigenvalue weighted by Gasteiger charge is 2.25. The van der Waals surface area contributed by atoms with Gasteiger partial charge in [-0.1, -0.05) is 0 Å². The summed E-state index contributed by atoms with van der Waals surface area (Å²) >= 11 is 0. The van der Waals surface area contributed by atoms with Gasteiger partial charge >= 0.3 is 5.97 Å². The Morgan fingerprint density at radius 3 is 2.85 bits per heavy atom. The van der Waals surface area contributed by atoms with Crippen molar-refractivity contribution in [3.05, 3.63) is 0 Å². The van der Waals surface area contributed by atoms with Gasteiger partial charge in [-0.3, -0.25) is 14.9 Å². The van der Waals surface area contributed by atoms with Crippen molar-refractivity contribution in [3.8, 4) is 0 Å². The third-order valence-corrected chi connectivity index (χ3v) is 1.68. The fourth-order valence-electron chi connectivity index (χ4n) is 0.945. The predicted molar refractivity (Wildman–Crippen MR) is 43.0 cm³/mol. The Kier molecular flexibility index (Phi) is 3.21. The lowest BCUT2D eigenvalue weighted by Gasteiger charge is -2.13. The van der Waals surface area contributed by atoms with E-state index in [2.05, 4.69) is 10.6 Å². The van der Waals surface area contributed by atoms with E-state index in [1.165, 1.54) is 6.92 Å². The van der Waals surface area contributed by atoms with Crippen LogP contribution in [0.5, 0.6) is 0 Å². The molecule has 0 aromatic rings. The first kappa shape index (κ1) is 9.94. The summed E-state index contributed by atoms with van der Waals surface area (Å²) < 4.78 is 4.98. The van der Waals surface area contributed by atoms with Crippen LogP contribution in [0.3, 0.4) is 0 Å². The zero-order valence-electron chi connectivity index (χ0n) is 7.24. The van der Waals surface area contributed by atoms with Crippen molar-refractivity contribution in [1.29, 1.82) is 0 Å². The molecule has 1 rings (SSSR count). The number of nitrogens with one attached hydrogen (secondary N) is 2. The molecule has 74 valence electrons. The second kappa shape index (κ2) is 4.20. The van der Waals surface area contributed by atoms with E-state index in [9.17, 15) is 9.59 Å². The topological polar surface area (TPSA) is 87.7 Å². The monoisotopic (exact) mass is 188 g/mol. The molecule has 1 saturated heterocycles. The molecule has 2 unspecified atom stereocenters. The lowest BCUT2D eigenvalue weighted by molar-refractivity contribution is -0.143. The van der Waals surface area contributed by atoms with Gasteiger partial charge < -0.3 is 15.2 Å². The van der Waals surface area contributed by atoms with E-state index in [-0.39, 0.29) is 0 Å². The molecule has 0 radical (unpaired) electrons. The number of carbonyl (C=O) groups is 2. The Labute approximate surface area is 75.3 Å². The van der Waals surface area contributed by atoms with Crippen molar-refractivity contribution < 1.29 is 19.4 Å². The van der Waals surface area contributed by atoms with Crippen LogP contribution in [0.2, 0.25) is 0 Å². The molecule has 1 fully saturated rings. The minimum absolute atomic E-state index is 0.438. The standard InChI is InChI=1S/C7H12N2O4/c1-4(7(11)12)9-5(10)6-8-2-3-13-6/h4,6,8H,2-3H2,1H3,(H,9,10)(H,11,12). The zero-order chi connectivity index (χ0) is 9.84. The summed E-state index contributed by atoms with van der Waals surface area (Å²) in [6.07, 6.45) is -0.707. The summed E-state index contributed by atoms with van der Waals surface area (Å²) in [7, 11) is 0. The molecule has 1 aliphatic heterocycles. The lowest BCUT2D eigenvalue weighted by Crippen LogP contribution is -2.47. The number of carbonyl (C=O) groups excluding carboxylic acids is 1. The van der Waals surface area contributed by atoms with Gasteiger partial charge in [-0.15, -0.1) is 0 Å². The molecule has 0 bridgehead atoms. The number of carboxylic acid groups (broad SMARTS) is 1. The molecular formula is C7H12N2O4. The van der Waals surface area contributed by atoms with Crippen molar-refractivity contribution in [2.24, 2.45) is 0 Å². The second-order valence-corrected chi connectivity index (χ2v) is 2.77. The molecule has 6 nitrogen and oxygen atoms in total. The highest BCUT2D eigenvalue weighted by Crippen LogP contribution is 1.95. The van der Waals surface area contributed by atoms with Crippen LogP contribution in [0.4, 0.5) is 0 Å². The molecule has 1 heterocycles. The van der Waals surface area contributed by atoms with Gasteiger partial charge in [0.2, 0.25) is 0 Å². The normalized spacial score (nSPS) is 23.9. The van der Waals surface area contributed by atoms with Crippen LogP contribution < -0.4 is 10.6 Å². The molecule has 0 aromatic heterocycles. The van der Waals surface area contributed by atoms with Crippen molar-refractivity contribution in [2.45, 2.75) is 19.2 Å². The molecule has 3 N–H and O–H groups in total. The maximum atomic E-state index is 11.2. The Morgan fingerprint density at radius 1 is 1.69 bits per heavy atom. The SMILES string of the molecule is CC(NC(=O)C1NCCO1)C(=O)O. The molecule has 13 heavy (non-hydrogen) atoms. The third-order valence-electron chi connectivity index (χ3n) is 1.68. The average molecular weight is 188 g/mol. The van der Waals surface area contributed by atoms with Gasteiger partial charge in [-0.05, 0) is 6.92 Å². The number of amides is 1. The zero-order valence-corrected chi connectivity index (χ0v) is 7.24. The lowest BCUT2D eigenvalue weighted by atomic mass is 10.3. The van der Waals surface area contributed by atoms with Gasteiger partial charge in [0, 0.05) is 6.54 Å². The number of carboxylic acids is 1. The largest absolute Gasteiger partial charge is 0.480 e. The first-order valence-corrected chi connectivity index (χ1v) is 3.99. The number of ether oxygens (including phenoxy) is 1. The van der Waals surface area contributed by atoms with Gasteiger partial charge in [-0.25, -0.2) is 0 Å². The third kappa shape index (κ3) is 2.67. The van der Waals surface area contributed by atoms with E-state index in [0.29, 0.717) is 13.2 Å². The highest BCUT2D eigenvalue weighted by atomic mass is 16.5. The molecule has 6 heteroatoms. The average Bonchev–Trinajstić information content (AvgIpc) is 2.55. The van der Waals surface area contributed by atoms with Crippen molar-refractivity contribution in [2.75, 3.05) is 13.2 Å². The Bertz CT molecular complexity index is 213. The Hall–Kier alpha value is -1.14. The van der Waals surface area contributed by atoms with Gasteiger partial charge in [0.15, 0.2) is 6.23 Å². The summed E-state index contributed by atoms with van der Waals surface area (Å²) in [5, 5.41) is 13.6. The summed E-state index contributed by atoms with van der Waals surface area (Å²) in [5.74, 6) is -1.50. The number of hydrogen-bond donors (Lipinski definition) is 3. The molecule has 0 aromatic carbocycles. The molecule has 0 spiro atoms. The van der Waals surface area contributed by atoms with Gasteiger partial charge in [-0.2, -0.15) is 0 Å². The fourth-order valence-corrected chi connectivity index (χ4v) is 0.945. The smallest absolute Gasteiger partial charge is 0.325 e. The van der Waals surface area contributed by atoms with Gasteiger partial charge in [0.1, 0.15) is 6.04 Å². The second-order valence-electron chi connectivity index (χ2n) is 2.77. The van der Waals surface area contributed by atoms with Crippen molar-refractivity contribution in [1.82, 2.24) is 10.6 Å². The molecule has 1 aliphatic rings. The first-order valence-electron chi connectivity index (χ1n) is 3.99. The number of aliphatic carboxylic acids is 1. The minimum atomic E-state index is -1.06. The van der Waals surface area contributed by atoms with Crippen LogP contribution in [0.1, 0.15) is 6.92 Å². The summed E-state index contributed by atoms with van der Waals surface area (Å²) in [6.45, 7) is 2.48. The molecule has 0 saturated carbocycles. The Balaban J connectivity index is 2.35. The van der Waals surface area contributed by atoms with E-state index in [4.69, 9.17) is 9.84 Å². The van der Waals surface area contributed by atoms with Crippen LogP contribution in [-0.2, 0) is 14.3 Å². The van der Waals surface area contributed by atoms with E-state index >= 15 is 0 Å². The fraction of sp³-hybridized carbons (Fsp3) is 0.714. The summed E-state index contributed by atoms with van der Waals surface area (Å²) in [4.78, 5) is 21.6. The van der Waals surface area contributed by atoms with Crippen molar-refractivity contribution in [3.63, 3.8) is 0 Å². The minimum Gasteiger partial charge on any atom is -0.480 e. The predicted octanol–water partition coefficient (Wildman–Crippen LogP) is -1.48. The van der Waals surface area contributed by atoms with E-state index < -0.39 is 24.1 Å². The van der Waals surface area contributed by atoms with E-state index in [1.54, 1.807) is 0 Å². The van der Waals surface area contributed by atoms with Gasteiger partial charge in [0.05, 0.1) is 6.61 Å². The molecule has 2 atom stereocenters. The van der Waals surface area contributed by atoms with Crippen LogP contribution >= 0.6 is 0 Å². The maximum absolute atomic E-state index is 11.2. The summed E-state index contributed by atoms with van der Waals surface area (Å²) in [6, 6.07) is -0.890. The van der Waals surface area contributed by atoms with Crippen LogP contribution in [0.15, 0.2) is 0 Å². The summed E-state index contributed by atoms with van der Waals surface area (Å²) in [5.41, 5.74) is 0. The van der Waals surface area contributed by atoms with E-state index in [1.807, 2.05) is 0 Å². The van der Waals surface area contributed by atoms with Crippen LogP contribution in [0.25, 0.3) is 0 Å². The van der Waals surface area contributed by atoms with Gasteiger partial charge in [0.25, 0.3) is 5.91 Å². The Morgan fingerprint density at radius 2 is 2.38 bits per heavy atom. The molecule has 0 aliphatic carbocycles. The van der Waals surface area contributed by atoms with Crippen LogP contribution in [0, 0.1) is 0 Å². The van der Waals surface area contributed by atoms with E-state index in [0.717, 1.165) is 0 Å². The highest BCUT2D eigenvalue weighted by molar-refractivity contribution is 5.85. The quantitative estimate of drug-likeness (QED) is 0.503. The maximum Gasteiger partial charge on any atom is 0.325 e. The number of hydrogen-bond acceptors (Lipinski definition) is 4. The number of rotatable bonds is 3. The molecular weight excluding hydrogens is 176 g/mol. The van der Waals surface area contributed by atoms with Crippen molar-refractivity contribution >= 4 is 11.9 Å². The molecule has 1 amide bonds. The van der Waals surface area contributed by atoms with Crippen LogP contribution in [-0.4, -0.2) is 42.4 Å². The first-order chi connectivity index (χ1) is 6.11.